The quantitative estimate of drug-likeness (QED) is 0.217. The van der Waals surface area contributed by atoms with Gasteiger partial charge in [-0.25, -0.2) is 9.97 Å². The first-order valence-corrected chi connectivity index (χ1v) is 15.6. The van der Waals surface area contributed by atoms with Crippen LogP contribution >= 0.6 is 23.1 Å². The Morgan fingerprint density at radius 3 is 2.66 bits per heavy atom. The van der Waals surface area contributed by atoms with Gasteiger partial charge in [0.15, 0.2) is 5.13 Å². The van der Waals surface area contributed by atoms with Crippen molar-refractivity contribution in [1.82, 2.24) is 19.8 Å². The van der Waals surface area contributed by atoms with Gasteiger partial charge in [0.25, 0.3) is 0 Å². The number of carbonyl (C=O) groups is 2. The number of likely N-dealkylation sites (tertiary alicyclic amines) is 1. The van der Waals surface area contributed by atoms with E-state index in [1.54, 1.807) is 30.2 Å². The molecule has 0 saturated carbocycles. The molecular weight excluding hydrogens is 557 g/mol. The Bertz CT molecular complexity index is 1340. The van der Waals surface area contributed by atoms with Crippen LogP contribution in [0.2, 0.25) is 0 Å². The van der Waals surface area contributed by atoms with E-state index in [0.717, 1.165) is 53.7 Å². The Morgan fingerprint density at radius 2 is 1.95 bits per heavy atom. The molecule has 0 radical (unpaired) electrons. The number of aromatic nitrogens is 2. The van der Waals surface area contributed by atoms with Crippen molar-refractivity contribution in [3.8, 4) is 0 Å². The number of hydrogen-bond acceptors (Lipinski definition) is 9. The molecule has 0 unspecified atom stereocenters. The molecule has 11 heteroatoms. The van der Waals surface area contributed by atoms with E-state index in [2.05, 4.69) is 52.3 Å². The minimum Gasteiger partial charge on any atom is -0.444 e. The van der Waals surface area contributed by atoms with E-state index in [9.17, 15) is 9.59 Å². The molecule has 0 spiro atoms. The number of oxazole rings is 1. The normalized spacial score (nSPS) is 15.1. The van der Waals surface area contributed by atoms with Crippen LogP contribution in [0.4, 0.5) is 10.8 Å². The third kappa shape index (κ3) is 9.81. The lowest BCUT2D eigenvalue weighted by molar-refractivity contribution is -0.121. The second kappa shape index (κ2) is 14.3. The number of thiazole rings is 1. The Labute approximate surface area is 250 Å². The van der Waals surface area contributed by atoms with Gasteiger partial charge in [0.1, 0.15) is 5.76 Å². The van der Waals surface area contributed by atoms with Gasteiger partial charge in [-0.1, -0.05) is 50.3 Å². The van der Waals surface area contributed by atoms with Crippen molar-refractivity contribution in [3.63, 3.8) is 0 Å². The molecule has 41 heavy (non-hydrogen) atoms. The number of anilines is 2. The van der Waals surface area contributed by atoms with Gasteiger partial charge < -0.3 is 20.0 Å². The minimum absolute atomic E-state index is 0.0325. The highest BCUT2D eigenvalue weighted by Crippen LogP contribution is 2.32. The predicted octanol–water partition coefficient (Wildman–Crippen LogP) is 5.63. The SMILES string of the molecule is CN(C)C/C=C/C(=O)Nc1cccc(CN2CCC(C(=O)Nc3ncc(SCc4ncc(C(C)(C)C)o4)s3)CC2)c1. The van der Waals surface area contributed by atoms with Gasteiger partial charge in [0.05, 0.1) is 22.4 Å². The van der Waals surface area contributed by atoms with Crippen molar-refractivity contribution in [2.75, 3.05) is 44.4 Å². The summed E-state index contributed by atoms with van der Waals surface area (Å²) in [5.74, 6) is 2.05. The lowest BCUT2D eigenvalue weighted by Crippen LogP contribution is -2.37. The first-order chi connectivity index (χ1) is 19.5. The van der Waals surface area contributed by atoms with Crippen molar-refractivity contribution in [3.05, 3.63) is 66.0 Å². The number of likely N-dealkylation sites (N-methyl/N-ethyl adjacent to an activating group) is 1. The van der Waals surface area contributed by atoms with Crippen LogP contribution in [0.25, 0.3) is 0 Å². The first-order valence-electron chi connectivity index (χ1n) is 13.8. The zero-order chi connectivity index (χ0) is 29.4. The lowest BCUT2D eigenvalue weighted by Gasteiger charge is -2.31. The Morgan fingerprint density at radius 1 is 1.17 bits per heavy atom. The monoisotopic (exact) mass is 596 g/mol. The van der Waals surface area contributed by atoms with E-state index in [-0.39, 0.29) is 23.1 Å². The standard InChI is InChI=1S/C30H40N6O3S2/c1-30(2,3)24-17-31-26(39-24)20-40-27-18-32-29(41-27)34-28(38)22-11-14-36(15-12-22)19-21-8-6-9-23(16-21)33-25(37)10-7-13-35(4)5/h6-10,16-18,22H,11-15,19-20H2,1-5H3,(H,33,37)(H,32,34,38)/b10-7+. The van der Waals surface area contributed by atoms with Crippen molar-refractivity contribution in [2.24, 2.45) is 5.92 Å². The van der Waals surface area contributed by atoms with Crippen LogP contribution in [-0.4, -0.2) is 65.3 Å². The molecule has 1 aliphatic heterocycles. The van der Waals surface area contributed by atoms with Crippen molar-refractivity contribution in [1.29, 1.82) is 0 Å². The molecule has 3 heterocycles. The van der Waals surface area contributed by atoms with Gasteiger partial charge >= 0.3 is 0 Å². The van der Waals surface area contributed by atoms with Gasteiger partial charge in [0.2, 0.25) is 17.7 Å². The van der Waals surface area contributed by atoms with Crippen LogP contribution in [0.15, 0.2) is 57.4 Å². The predicted molar refractivity (Wildman–Crippen MR) is 166 cm³/mol. The van der Waals surface area contributed by atoms with Crippen molar-refractivity contribution < 1.29 is 14.0 Å². The molecule has 0 atom stereocenters. The zero-order valence-electron chi connectivity index (χ0n) is 24.5. The average molecular weight is 597 g/mol. The lowest BCUT2D eigenvalue weighted by atomic mass is 9.94. The van der Waals surface area contributed by atoms with Gasteiger partial charge in [-0.05, 0) is 57.7 Å². The number of hydrogen-bond donors (Lipinski definition) is 2. The topological polar surface area (TPSA) is 104 Å². The first kappa shape index (κ1) is 31.0. The molecule has 3 aromatic rings. The molecule has 2 N–H and O–H groups in total. The van der Waals surface area contributed by atoms with Crippen LogP contribution in [0, 0.1) is 5.92 Å². The summed E-state index contributed by atoms with van der Waals surface area (Å²) in [6.07, 6.45) is 8.59. The van der Waals surface area contributed by atoms with E-state index >= 15 is 0 Å². The molecule has 1 fully saturated rings. The Hall–Kier alpha value is -2.99. The summed E-state index contributed by atoms with van der Waals surface area (Å²) in [6, 6.07) is 7.94. The molecule has 4 rings (SSSR count). The fourth-order valence-corrected chi connectivity index (χ4v) is 6.09. The molecule has 1 saturated heterocycles. The average Bonchev–Trinajstić information content (AvgIpc) is 3.57. The summed E-state index contributed by atoms with van der Waals surface area (Å²) >= 11 is 3.08. The van der Waals surface area contributed by atoms with Crippen LogP contribution in [0.3, 0.4) is 0 Å². The Kier molecular flexibility index (Phi) is 10.8. The molecular formula is C30H40N6O3S2. The van der Waals surface area contributed by atoms with E-state index < -0.39 is 0 Å². The van der Waals surface area contributed by atoms with Crippen LogP contribution in [-0.2, 0) is 27.3 Å². The molecule has 220 valence electrons. The number of nitrogens with zero attached hydrogens (tertiary/aromatic N) is 4. The van der Waals surface area contributed by atoms with E-state index in [4.69, 9.17) is 4.42 Å². The second-order valence-corrected chi connectivity index (χ2v) is 13.8. The maximum atomic E-state index is 12.9. The molecule has 1 aliphatic rings. The number of benzene rings is 1. The number of carbonyl (C=O) groups excluding carboxylic acids is 2. The number of piperidine rings is 1. The van der Waals surface area contributed by atoms with Crippen molar-refractivity contribution in [2.45, 2.75) is 55.5 Å². The smallest absolute Gasteiger partial charge is 0.248 e. The van der Waals surface area contributed by atoms with Crippen molar-refractivity contribution >= 4 is 45.7 Å². The Balaban J connectivity index is 1.19. The fourth-order valence-electron chi connectivity index (χ4n) is 4.36. The van der Waals surface area contributed by atoms with Gasteiger partial charge in [0, 0.05) is 36.2 Å². The summed E-state index contributed by atoms with van der Waals surface area (Å²) in [6.45, 7) is 9.48. The maximum absolute atomic E-state index is 12.9. The molecule has 2 aromatic heterocycles. The third-order valence-corrected chi connectivity index (χ3v) is 8.74. The third-order valence-electron chi connectivity index (χ3n) is 6.64. The van der Waals surface area contributed by atoms with E-state index in [0.29, 0.717) is 23.3 Å². The minimum atomic E-state index is -0.133. The largest absolute Gasteiger partial charge is 0.444 e. The summed E-state index contributed by atoms with van der Waals surface area (Å²) < 4.78 is 6.87. The van der Waals surface area contributed by atoms with Gasteiger partial charge in [-0.2, -0.15) is 0 Å². The summed E-state index contributed by atoms with van der Waals surface area (Å²) in [7, 11) is 3.92. The number of nitrogens with one attached hydrogen (secondary N) is 2. The maximum Gasteiger partial charge on any atom is 0.248 e. The number of rotatable bonds is 11. The second-order valence-electron chi connectivity index (χ2n) is 11.5. The van der Waals surface area contributed by atoms with Crippen LogP contribution in [0.1, 0.15) is 50.8 Å². The highest BCUT2D eigenvalue weighted by atomic mass is 32.2. The molecule has 9 nitrogen and oxygen atoms in total. The van der Waals surface area contributed by atoms with Gasteiger partial charge in [-0.15, -0.1) is 11.8 Å². The molecule has 0 aliphatic carbocycles. The number of thioether (sulfide) groups is 1. The molecule has 2 amide bonds. The summed E-state index contributed by atoms with van der Waals surface area (Å²) in [5.41, 5.74) is 1.85. The highest BCUT2D eigenvalue weighted by molar-refractivity contribution is 8.00. The highest BCUT2D eigenvalue weighted by Gasteiger charge is 2.26. The van der Waals surface area contributed by atoms with Crippen LogP contribution in [0.5, 0.6) is 0 Å². The van der Waals surface area contributed by atoms with Gasteiger partial charge in [-0.3, -0.25) is 14.5 Å². The molecule has 0 bridgehead atoms. The number of amides is 2. The fraction of sp³-hybridized carbons (Fsp3) is 0.467. The molecule has 1 aromatic carbocycles. The van der Waals surface area contributed by atoms with E-state index in [1.165, 1.54) is 11.3 Å². The summed E-state index contributed by atoms with van der Waals surface area (Å²) in [4.78, 5) is 38.2. The zero-order valence-corrected chi connectivity index (χ0v) is 26.1. The van der Waals surface area contributed by atoms with Crippen LogP contribution < -0.4 is 10.6 Å². The van der Waals surface area contributed by atoms with E-state index in [1.807, 2.05) is 43.3 Å². The summed E-state index contributed by atoms with van der Waals surface area (Å²) in [5, 5.41) is 6.57.